The third kappa shape index (κ3) is 2.93. The lowest BCUT2D eigenvalue weighted by molar-refractivity contribution is 0.206. The number of nitrogens with zero attached hydrogens (tertiary/aromatic N) is 1. The number of hydrogen-bond donors (Lipinski definition) is 1. The summed E-state index contributed by atoms with van der Waals surface area (Å²) in [6, 6.07) is 6.40. The minimum absolute atomic E-state index is 0.208. The highest BCUT2D eigenvalue weighted by Gasteiger charge is 2.32. The number of likely N-dealkylation sites (tertiary alicyclic amines) is 1. The van der Waals surface area contributed by atoms with Crippen LogP contribution in [0.1, 0.15) is 31.2 Å². The highest BCUT2D eigenvalue weighted by molar-refractivity contribution is 6.30. The second kappa shape index (κ2) is 5.78. The first-order chi connectivity index (χ1) is 9.24. The number of rotatable bonds is 3. The van der Waals surface area contributed by atoms with E-state index in [1.165, 1.54) is 25.7 Å². The Balaban J connectivity index is 1.69. The molecule has 4 heteroatoms. The molecule has 0 aromatic heterocycles. The predicted molar refractivity (Wildman–Crippen MR) is 75.9 cm³/mol. The molecule has 0 aliphatic carbocycles. The van der Waals surface area contributed by atoms with Crippen LogP contribution in [0.4, 0.5) is 4.39 Å². The van der Waals surface area contributed by atoms with E-state index in [1.807, 2.05) is 6.07 Å². The van der Waals surface area contributed by atoms with Gasteiger partial charge in [0.25, 0.3) is 0 Å². The van der Waals surface area contributed by atoms with Crippen molar-refractivity contribution in [1.82, 2.24) is 10.2 Å². The largest absolute Gasteiger partial charge is 0.312 e. The van der Waals surface area contributed by atoms with Gasteiger partial charge in [-0.05, 0) is 56.5 Å². The molecule has 2 atom stereocenters. The van der Waals surface area contributed by atoms with Crippen molar-refractivity contribution in [2.45, 2.75) is 44.3 Å². The smallest absolute Gasteiger partial charge is 0.142 e. The maximum atomic E-state index is 13.5. The van der Waals surface area contributed by atoms with Gasteiger partial charge in [0.2, 0.25) is 0 Å². The van der Waals surface area contributed by atoms with Crippen LogP contribution in [0.5, 0.6) is 0 Å². The number of benzene rings is 1. The van der Waals surface area contributed by atoms with Gasteiger partial charge in [0.15, 0.2) is 0 Å². The standard InChI is InChI=1S/C15H20ClFN2/c16-12-6-5-11(9-13(12)17)10-19-8-2-4-15(19)14-3-1-7-18-14/h5-6,9,14-15,18H,1-4,7-8,10H2. The zero-order chi connectivity index (χ0) is 13.2. The number of nitrogens with one attached hydrogen (secondary N) is 1. The summed E-state index contributed by atoms with van der Waals surface area (Å²) in [5.41, 5.74) is 1.02. The molecular formula is C15H20ClFN2. The van der Waals surface area contributed by atoms with Crippen molar-refractivity contribution in [2.24, 2.45) is 0 Å². The maximum Gasteiger partial charge on any atom is 0.142 e. The summed E-state index contributed by atoms with van der Waals surface area (Å²) in [5, 5.41) is 3.81. The van der Waals surface area contributed by atoms with Gasteiger partial charge < -0.3 is 5.32 Å². The van der Waals surface area contributed by atoms with Crippen LogP contribution in [0.25, 0.3) is 0 Å². The van der Waals surface area contributed by atoms with Gasteiger partial charge >= 0.3 is 0 Å². The van der Waals surface area contributed by atoms with Crippen molar-refractivity contribution in [1.29, 1.82) is 0 Å². The van der Waals surface area contributed by atoms with Crippen LogP contribution in [-0.4, -0.2) is 30.1 Å². The first-order valence-electron chi connectivity index (χ1n) is 7.15. The third-order valence-electron chi connectivity index (χ3n) is 4.35. The fourth-order valence-corrected chi connectivity index (χ4v) is 3.53. The van der Waals surface area contributed by atoms with Crippen LogP contribution in [0.2, 0.25) is 5.02 Å². The van der Waals surface area contributed by atoms with Gasteiger partial charge in [0.1, 0.15) is 5.82 Å². The highest BCUT2D eigenvalue weighted by atomic mass is 35.5. The van der Waals surface area contributed by atoms with Gasteiger partial charge in [-0.25, -0.2) is 4.39 Å². The average Bonchev–Trinajstić information content (AvgIpc) is 3.04. The second-order valence-electron chi connectivity index (χ2n) is 5.63. The van der Waals surface area contributed by atoms with Gasteiger partial charge in [0.05, 0.1) is 5.02 Å². The summed E-state index contributed by atoms with van der Waals surface area (Å²) < 4.78 is 13.5. The molecule has 2 nitrogen and oxygen atoms in total. The van der Waals surface area contributed by atoms with Crippen molar-refractivity contribution in [2.75, 3.05) is 13.1 Å². The molecule has 1 aromatic carbocycles. The van der Waals surface area contributed by atoms with E-state index in [0.29, 0.717) is 12.1 Å². The van der Waals surface area contributed by atoms with Crippen LogP contribution < -0.4 is 5.32 Å². The quantitative estimate of drug-likeness (QED) is 0.916. The summed E-state index contributed by atoms with van der Waals surface area (Å²) in [6.45, 7) is 3.09. The average molecular weight is 283 g/mol. The predicted octanol–water partition coefficient (Wildman–Crippen LogP) is 3.20. The summed E-state index contributed by atoms with van der Waals surface area (Å²) in [5.74, 6) is -0.311. The van der Waals surface area contributed by atoms with Gasteiger partial charge in [-0.2, -0.15) is 0 Å². The van der Waals surface area contributed by atoms with E-state index in [1.54, 1.807) is 12.1 Å². The molecule has 3 rings (SSSR count). The lowest BCUT2D eigenvalue weighted by atomic mass is 10.0. The molecule has 2 aliphatic heterocycles. The van der Waals surface area contributed by atoms with E-state index < -0.39 is 0 Å². The van der Waals surface area contributed by atoms with Crippen molar-refractivity contribution in [3.8, 4) is 0 Å². The molecule has 0 bridgehead atoms. The Hall–Kier alpha value is -0.640. The Morgan fingerprint density at radius 1 is 1.32 bits per heavy atom. The SMILES string of the molecule is Fc1cc(CN2CCCC2C2CCCN2)ccc1Cl. The Bertz CT molecular complexity index is 446. The highest BCUT2D eigenvalue weighted by Crippen LogP contribution is 2.27. The van der Waals surface area contributed by atoms with Crippen LogP contribution in [0.15, 0.2) is 18.2 Å². The van der Waals surface area contributed by atoms with E-state index in [-0.39, 0.29) is 10.8 Å². The van der Waals surface area contributed by atoms with Gasteiger partial charge in [-0.15, -0.1) is 0 Å². The van der Waals surface area contributed by atoms with Crippen molar-refractivity contribution in [3.05, 3.63) is 34.6 Å². The zero-order valence-electron chi connectivity index (χ0n) is 11.0. The van der Waals surface area contributed by atoms with E-state index in [0.717, 1.165) is 25.2 Å². The lowest BCUT2D eigenvalue weighted by Gasteiger charge is -2.29. The molecule has 0 radical (unpaired) electrons. The van der Waals surface area contributed by atoms with E-state index >= 15 is 0 Å². The minimum atomic E-state index is -0.311. The molecule has 104 valence electrons. The first kappa shape index (κ1) is 13.3. The number of halogens is 2. The Labute approximate surface area is 118 Å². The monoisotopic (exact) mass is 282 g/mol. The molecule has 1 aromatic rings. The maximum absolute atomic E-state index is 13.5. The molecule has 2 unspecified atom stereocenters. The lowest BCUT2D eigenvalue weighted by Crippen LogP contribution is -2.43. The Morgan fingerprint density at radius 2 is 2.21 bits per heavy atom. The van der Waals surface area contributed by atoms with E-state index in [2.05, 4.69) is 10.2 Å². The molecule has 2 heterocycles. The van der Waals surface area contributed by atoms with Crippen LogP contribution in [0, 0.1) is 5.82 Å². The topological polar surface area (TPSA) is 15.3 Å². The molecule has 2 aliphatic rings. The van der Waals surface area contributed by atoms with Crippen molar-refractivity contribution < 1.29 is 4.39 Å². The van der Waals surface area contributed by atoms with Crippen molar-refractivity contribution >= 4 is 11.6 Å². The molecular weight excluding hydrogens is 263 g/mol. The third-order valence-corrected chi connectivity index (χ3v) is 4.65. The summed E-state index contributed by atoms with van der Waals surface area (Å²) in [6.07, 6.45) is 5.06. The zero-order valence-corrected chi connectivity index (χ0v) is 11.8. The molecule has 2 saturated heterocycles. The van der Waals surface area contributed by atoms with Gasteiger partial charge in [0, 0.05) is 18.6 Å². The normalized spacial score (nSPS) is 28.1. The summed E-state index contributed by atoms with van der Waals surface area (Å²) in [4.78, 5) is 2.49. The summed E-state index contributed by atoms with van der Waals surface area (Å²) in [7, 11) is 0. The van der Waals surface area contributed by atoms with E-state index in [9.17, 15) is 4.39 Å². The fourth-order valence-electron chi connectivity index (χ4n) is 3.42. The molecule has 1 N–H and O–H groups in total. The molecule has 0 saturated carbocycles. The molecule has 2 fully saturated rings. The Kier molecular flexibility index (Phi) is 4.06. The minimum Gasteiger partial charge on any atom is -0.312 e. The Morgan fingerprint density at radius 3 is 2.95 bits per heavy atom. The van der Waals surface area contributed by atoms with Gasteiger partial charge in [-0.1, -0.05) is 17.7 Å². The molecule has 0 amide bonds. The fraction of sp³-hybridized carbons (Fsp3) is 0.600. The number of hydrogen-bond acceptors (Lipinski definition) is 2. The molecule has 19 heavy (non-hydrogen) atoms. The van der Waals surface area contributed by atoms with Crippen molar-refractivity contribution in [3.63, 3.8) is 0 Å². The summed E-state index contributed by atoms with van der Waals surface area (Å²) >= 11 is 5.73. The van der Waals surface area contributed by atoms with E-state index in [4.69, 9.17) is 11.6 Å². The van der Waals surface area contributed by atoms with Gasteiger partial charge in [-0.3, -0.25) is 4.90 Å². The van der Waals surface area contributed by atoms with Crippen LogP contribution >= 0.6 is 11.6 Å². The second-order valence-corrected chi connectivity index (χ2v) is 6.04. The first-order valence-corrected chi connectivity index (χ1v) is 7.53. The van der Waals surface area contributed by atoms with Crippen LogP contribution in [0.3, 0.4) is 0 Å². The van der Waals surface area contributed by atoms with Crippen LogP contribution in [-0.2, 0) is 6.54 Å². The molecule has 0 spiro atoms.